The summed E-state index contributed by atoms with van der Waals surface area (Å²) in [6, 6.07) is 9.90. The first-order valence-corrected chi connectivity index (χ1v) is 5.62. The molecule has 0 atom stereocenters. The number of aromatic nitrogens is 2. The average Bonchev–Trinajstić information content (AvgIpc) is 2.82. The molecule has 90 valence electrons. The van der Waals surface area contributed by atoms with Gasteiger partial charge in [-0.15, -0.1) is 0 Å². The van der Waals surface area contributed by atoms with Crippen LogP contribution in [0.5, 0.6) is 0 Å². The van der Waals surface area contributed by atoms with Crippen molar-refractivity contribution >= 4 is 11.8 Å². The van der Waals surface area contributed by atoms with Crippen molar-refractivity contribution in [3.8, 4) is 0 Å². The first kappa shape index (κ1) is 10.7. The first-order chi connectivity index (χ1) is 8.74. The maximum absolute atomic E-state index is 10.8. The predicted octanol–water partition coefficient (Wildman–Crippen LogP) is 1.70. The third kappa shape index (κ3) is 1.79. The minimum atomic E-state index is -1.10. The number of hydrogen-bond acceptors (Lipinski definition) is 4. The summed E-state index contributed by atoms with van der Waals surface area (Å²) in [5, 5.41) is 8.88. The Labute approximate surface area is 104 Å². The molecule has 1 aromatic heterocycles. The van der Waals surface area contributed by atoms with Gasteiger partial charge in [0.2, 0.25) is 5.82 Å². The number of carbonyl (C=O) groups is 1. The molecule has 0 aliphatic carbocycles. The molecule has 1 aromatic carbocycles. The van der Waals surface area contributed by atoms with E-state index in [1.165, 1.54) is 17.3 Å². The van der Waals surface area contributed by atoms with Crippen LogP contribution >= 0.6 is 0 Å². The number of hydrogen-bond donors (Lipinski definition) is 1. The van der Waals surface area contributed by atoms with Crippen LogP contribution in [0.3, 0.4) is 0 Å². The van der Waals surface area contributed by atoms with Crippen molar-refractivity contribution in [1.29, 1.82) is 0 Å². The Bertz CT molecular complexity index is 588. The molecule has 0 amide bonds. The van der Waals surface area contributed by atoms with Crippen molar-refractivity contribution in [2.75, 3.05) is 4.90 Å². The van der Waals surface area contributed by atoms with Crippen LogP contribution in [0.25, 0.3) is 0 Å². The quantitative estimate of drug-likeness (QED) is 0.866. The summed E-state index contributed by atoms with van der Waals surface area (Å²) in [7, 11) is 0. The van der Waals surface area contributed by atoms with Crippen LogP contribution < -0.4 is 4.90 Å². The van der Waals surface area contributed by atoms with Crippen LogP contribution in [0.2, 0.25) is 0 Å². The normalized spacial score (nSPS) is 13.4. The number of carboxylic acid groups (broad SMARTS) is 1. The predicted molar refractivity (Wildman–Crippen MR) is 65.3 cm³/mol. The highest BCUT2D eigenvalue weighted by atomic mass is 16.4. The lowest BCUT2D eigenvalue weighted by molar-refractivity contribution is 0.0683. The van der Waals surface area contributed by atoms with Gasteiger partial charge in [-0.2, -0.15) is 0 Å². The molecular formula is C13H11N3O2. The number of benzene rings is 1. The van der Waals surface area contributed by atoms with E-state index in [1.54, 1.807) is 6.07 Å². The Morgan fingerprint density at radius 3 is 2.44 bits per heavy atom. The fourth-order valence-corrected chi connectivity index (χ4v) is 2.12. The summed E-state index contributed by atoms with van der Waals surface area (Å²) >= 11 is 0. The Kier molecular flexibility index (Phi) is 2.44. The maximum atomic E-state index is 10.8. The number of rotatable bonds is 2. The molecule has 5 heteroatoms. The molecule has 1 aliphatic heterocycles. The van der Waals surface area contributed by atoms with Crippen LogP contribution in [-0.4, -0.2) is 21.0 Å². The molecule has 0 saturated heterocycles. The largest absolute Gasteiger partial charge is 0.475 e. The zero-order valence-electron chi connectivity index (χ0n) is 9.58. The van der Waals surface area contributed by atoms with E-state index in [0.717, 1.165) is 13.1 Å². The summed E-state index contributed by atoms with van der Waals surface area (Å²) in [6.07, 6.45) is 1.48. The van der Waals surface area contributed by atoms with Crippen molar-refractivity contribution in [3.63, 3.8) is 0 Å². The molecule has 18 heavy (non-hydrogen) atoms. The van der Waals surface area contributed by atoms with E-state index in [1.807, 2.05) is 17.0 Å². The highest BCUT2D eigenvalue weighted by Crippen LogP contribution is 2.26. The molecule has 1 aliphatic rings. The second kappa shape index (κ2) is 4.10. The van der Waals surface area contributed by atoms with Crippen LogP contribution in [-0.2, 0) is 13.1 Å². The average molecular weight is 241 g/mol. The van der Waals surface area contributed by atoms with Crippen LogP contribution in [0.4, 0.5) is 5.82 Å². The molecule has 0 fully saturated rings. The number of aromatic carboxylic acids is 1. The molecule has 2 aromatic rings. The van der Waals surface area contributed by atoms with E-state index in [2.05, 4.69) is 22.1 Å². The maximum Gasteiger partial charge on any atom is 0.374 e. The smallest absolute Gasteiger partial charge is 0.374 e. The molecule has 0 unspecified atom stereocenters. The van der Waals surface area contributed by atoms with Gasteiger partial charge in [0.1, 0.15) is 5.82 Å². The summed E-state index contributed by atoms with van der Waals surface area (Å²) < 4.78 is 0. The fraction of sp³-hybridized carbons (Fsp3) is 0.154. The second-order valence-corrected chi connectivity index (χ2v) is 4.17. The van der Waals surface area contributed by atoms with Crippen molar-refractivity contribution in [2.45, 2.75) is 13.1 Å². The second-order valence-electron chi connectivity index (χ2n) is 4.17. The van der Waals surface area contributed by atoms with E-state index >= 15 is 0 Å². The minimum absolute atomic E-state index is 0.163. The zero-order valence-corrected chi connectivity index (χ0v) is 9.58. The van der Waals surface area contributed by atoms with Crippen molar-refractivity contribution in [2.24, 2.45) is 0 Å². The SMILES string of the molecule is O=C(O)c1nccc(N2Cc3ccccc3C2)n1. The third-order valence-electron chi connectivity index (χ3n) is 3.00. The lowest BCUT2D eigenvalue weighted by Gasteiger charge is -2.16. The third-order valence-corrected chi connectivity index (χ3v) is 3.00. The van der Waals surface area contributed by atoms with E-state index in [4.69, 9.17) is 5.11 Å². The van der Waals surface area contributed by atoms with Crippen LogP contribution in [0.15, 0.2) is 36.5 Å². The molecule has 2 heterocycles. The van der Waals surface area contributed by atoms with Crippen molar-refractivity contribution < 1.29 is 9.90 Å². The van der Waals surface area contributed by atoms with Gasteiger partial charge in [-0.3, -0.25) is 0 Å². The summed E-state index contributed by atoms with van der Waals surface area (Å²) in [5.74, 6) is -0.615. The Hall–Kier alpha value is -2.43. The van der Waals surface area contributed by atoms with Crippen LogP contribution in [0, 0.1) is 0 Å². The molecule has 3 rings (SSSR count). The summed E-state index contributed by atoms with van der Waals surface area (Å²) in [5.41, 5.74) is 2.51. The van der Waals surface area contributed by atoms with Crippen molar-refractivity contribution in [3.05, 3.63) is 53.5 Å². The highest BCUT2D eigenvalue weighted by molar-refractivity contribution is 5.83. The van der Waals surface area contributed by atoms with Gasteiger partial charge in [0.25, 0.3) is 0 Å². The Morgan fingerprint density at radius 2 is 1.83 bits per heavy atom. The van der Waals surface area contributed by atoms with Crippen molar-refractivity contribution in [1.82, 2.24) is 9.97 Å². The molecule has 0 saturated carbocycles. The Balaban J connectivity index is 1.90. The lowest BCUT2D eigenvalue weighted by Crippen LogP contribution is -2.17. The molecule has 1 N–H and O–H groups in total. The Morgan fingerprint density at radius 1 is 1.17 bits per heavy atom. The van der Waals surface area contributed by atoms with Gasteiger partial charge in [0, 0.05) is 19.3 Å². The number of nitrogens with zero attached hydrogens (tertiary/aromatic N) is 3. The van der Waals surface area contributed by atoms with Gasteiger partial charge in [0.05, 0.1) is 0 Å². The fourth-order valence-electron chi connectivity index (χ4n) is 2.12. The van der Waals surface area contributed by atoms with Gasteiger partial charge in [-0.1, -0.05) is 24.3 Å². The molecule has 0 spiro atoms. The summed E-state index contributed by atoms with van der Waals surface area (Å²) in [4.78, 5) is 20.7. The zero-order chi connectivity index (χ0) is 12.5. The molecule has 0 radical (unpaired) electrons. The van der Waals surface area contributed by atoms with Gasteiger partial charge in [-0.25, -0.2) is 14.8 Å². The van der Waals surface area contributed by atoms with E-state index in [9.17, 15) is 4.79 Å². The van der Waals surface area contributed by atoms with E-state index in [0.29, 0.717) is 5.82 Å². The highest BCUT2D eigenvalue weighted by Gasteiger charge is 2.20. The van der Waals surface area contributed by atoms with Gasteiger partial charge in [-0.05, 0) is 17.2 Å². The van der Waals surface area contributed by atoms with Gasteiger partial charge >= 0.3 is 5.97 Å². The molecule has 0 bridgehead atoms. The van der Waals surface area contributed by atoms with Gasteiger partial charge < -0.3 is 10.0 Å². The summed E-state index contributed by atoms with van der Waals surface area (Å²) in [6.45, 7) is 1.51. The standard InChI is InChI=1S/C13H11N3O2/c17-13(18)12-14-6-5-11(15-12)16-7-9-3-1-2-4-10(9)8-16/h1-6H,7-8H2,(H,17,18). The van der Waals surface area contributed by atoms with Gasteiger partial charge in [0.15, 0.2) is 0 Å². The number of carboxylic acids is 1. The minimum Gasteiger partial charge on any atom is -0.475 e. The topological polar surface area (TPSA) is 66.3 Å². The first-order valence-electron chi connectivity index (χ1n) is 5.62. The van der Waals surface area contributed by atoms with E-state index in [-0.39, 0.29) is 5.82 Å². The lowest BCUT2D eigenvalue weighted by atomic mass is 10.1. The molecule has 5 nitrogen and oxygen atoms in total. The number of fused-ring (bicyclic) bond motifs is 1. The monoisotopic (exact) mass is 241 g/mol. The number of anilines is 1. The molecular weight excluding hydrogens is 230 g/mol. The van der Waals surface area contributed by atoms with E-state index < -0.39 is 5.97 Å². The van der Waals surface area contributed by atoms with Crippen LogP contribution in [0.1, 0.15) is 21.7 Å².